The summed E-state index contributed by atoms with van der Waals surface area (Å²) in [7, 11) is 3.16. The van der Waals surface area contributed by atoms with Gasteiger partial charge in [0.25, 0.3) is 11.8 Å². The van der Waals surface area contributed by atoms with Crippen molar-refractivity contribution in [3.63, 3.8) is 0 Å². The molecular formula is C15H23N4O3S+. The molecule has 1 unspecified atom stereocenters. The number of thioether (sulfide) groups is 1. The van der Waals surface area contributed by atoms with Crippen molar-refractivity contribution in [2.45, 2.75) is 17.9 Å². The van der Waals surface area contributed by atoms with E-state index >= 15 is 0 Å². The molecule has 1 rings (SSSR count). The topological polar surface area (TPSA) is 91.7 Å². The smallest absolute Gasteiger partial charge is 0.321 e. The monoisotopic (exact) mass is 339 g/mol. The molecule has 0 saturated carbocycles. The lowest BCUT2D eigenvalue weighted by Crippen LogP contribution is -3.15. The van der Waals surface area contributed by atoms with Gasteiger partial charge in [-0.05, 0) is 25.3 Å². The second kappa shape index (κ2) is 9.16. The lowest BCUT2D eigenvalue weighted by atomic mass is 10.2. The Morgan fingerprint density at radius 1 is 1.26 bits per heavy atom. The first-order valence-corrected chi connectivity index (χ1v) is 8.39. The van der Waals surface area contributed by atoms with Crippen molar-refractivity contribution in [1.29, 1.82) is 0 Å². The number of amides is 4. The van der Waals surface area contributed by atoms with Crippen molar-refractivity contribution < 1.29 is 19.3 Å². The third kappa shape index (κ3) is 5.91. The molecule has 0 bridgehead atoms. The maximum Gasteiger partial charge on any atom is 0.321 e. The Kier molecular flexibility index (Phi) is 7.56. The molecule has 0 saturated heterocycles. The number of carbonyl (C=O) groups excluding carboxylic acids is 3. The van der Waals surface area contributed by atoms with E-state index in [1.54, 1.807) is 25.7 Å². The van der Waals surface area contributed by atoms with Gasteiger partial charge in [0.2, 0.25) is 0 Å². The zero-order valence-corrected chi connectivity index (χ0v) is 14.5. The zero-order chi connectivity index (χ0) is 17.4. The second-order valence-corrected chi connectivity index (χ2v) is 5.91. The largest absolute Gasteiger partial charge is 0.341 e. The predicted molar refractivity (Wildman–Crippen MR) is 90.7 cm³/mol. The highest BCUT2D eigenvalue weighted by molar-refractivity contribution is 7.98. The minimum absolute atomic E-state index is 0.116. The molecular weight excluding hydrogens is 316 g/mol. The number of quaternary nitrogens is 1. The number of para-hydroxylation sites is 1. The number of hydrogen-bond acceptors (Lipinski definition) is 4. The number of urea groups is 1. The standard InChI is InChI=1S/C15H22N4O3S/c1-10(14(21)18-15(22)16-2)19(3)9-13(20)17-11-7-5-6-8-12(11)23-4/h5-8,10H,9H2,1-4H3,(H,17,20)(H2,16,18,21,22)/p+1/t10-/m1/s1. The summed E-state index contributed by atoms with van der Waals surface area (Å²) < 4.78 is 0. The Balaban J connectivity index is 2.59. The number of benzene rings is 1. The number of likely N-dealkylation sites (N-methyl/N-ethyl adjacent to an activating group) is 1. The molecule has 0 spiro atoms. The number of hydrogen-bond donors (Lipinski definition) is 4. The molecule has 0 fully saturated rings. The fourth-order valence-corrected chi connectivity index (χ4v) is 2.41. The van der Waals surface area contributed by atoms with Gasteiger partial charge in [0.15, 0.2) is 12.6 Å². The van der Waals surface area contributed by atoms with Crippen LogP contribution in [0.2, 0.25) is 0 Å². The fourth-order valence-electron chi connectivity index (χ4n) is 1.86. The first kappa shape index (κ1) is 19.0. The molecule has 1 aromatic carbocycles. The molecule has 0 radical (unpaired) electrons. The van der Waals surface area contributed by atoms with Gasteiger partial charge >= 0.3 is 6.03 Å². The van der Waals surface area contributed by atoms with Gasteiger partial charge < -0.3 is 15.5 Å². The molecule has 23 heavy (non-hydrogen) atoms. The van der Waals surface area contributed by atoms with Gasteiger partial charge in [-0.25, -0.2) is 4.79 Å². The maximum atomic E-state index is 12.1. The Labute approximate surface area is 140 Å². The van der Waals surface area contributed by atoms with Crippen LogP contribution in [0.5, 0.6) is 0 Å². The lowest BCUT2D eigenvalue weighted by molar-refractivity contribution is -0.885. The number of rotatable bonds is 6. The summed E-state index contributed by atoms with van der Waals surface area (Å²) in [4.78, 5) is 36.8. The minimum Gasteiger partial charge on any atom is -0.341 e. The van der Waals surface area contributed by atoms with Gasteiger partial charge in [0.05, 0.1) is 12.7 Å². The number of carbonyl (C=O) groups is 3. The Morgan fingerprint density at radius 3 is 2.52 bits per heavy atom. The summed E-state index contributed by atoms with van der Waals surface area (Å²) in [6.45, 7) is 1.78. The maximum absolute atomic E-state index is 12.1. The highest BCUT2D eigenvalue weighted by Crippen LogP contribution is 2.24. The average Bonchev–Trinajstić information content (AvgIpc) is 2.54. The number of nitrogens with one attached hydrogen (secondary N) is 4. The van der Waals surface area contributed by atoms with Crippen LogP contribution in [0.25, 0.3) is 0 Å². The Morgan fingerprint density at radius 2 is 1.91 bits per heavy atom. The predicted octanol–water partition coefficient (Wildman–Crippen LogP) is -0.294. The quantitative estimate of drug-likeness (QED) is 0.536. The summed E-state index contributed by atoms with van der Waals surface area (Å²) in [6, 6.07) is 6.42. The van der Waals surface area contributed by atoms with Crippen molar-refractivity contribution in [2.75, 3.05) is 32.2 Å². The van der Waals surface area contributed by atoms with Crippen molar-refractivity contribution in [3.05, 3.63) is 24.3 Å². The highest BCUT2D eigenvalue weighted by Gasteiger charge is 2.25. The average molecular weight is 339 g/mol. The SMILES string of the molecule is CNC(=O)NC(=O)[C@@H](C)[NH+](C)CC(=O)Nc1ccccc1SC. The van der Waals surface area contributed by atoms with Crippen LogP contribution in [0.3, 0.4) is 0 Å². The van der Waals surface area contributed by atoms with Gasteiger partial charge in [0, 0.05) is 11.9 Å². The summed E-state index contributed by atoms with van der Waals surface area (Å²) in [5.41, 5.74) is 0.750. The van der Waals surface area contributed by atoms with Crippen LogP contribution in [-0.4, -0.2) is 50.8 Å². The minimum atomic E-state index is -0.562. The second-order valence-electron chi connectivity index (χ2n) is 5.06. The zero-order valence-electron chi connectivity index (χ0n) is 13.7. The van der Waals surface area contributed by atoms with Crippen LogP contribution in [-0.2, 0) is 9.59 Å². The van der Waals surface area contributed by atoms with Gasteiger partial charge in [0.1, 0.15) is 0 Å². The van der Waals surface area contributed by atoms with E-state index in [4.69, 9.17) is 0 Å². The third-order valence-electron chi connectivity index (χ3n) is 3.42. The van der Waals surface area contributed by atoms with Crippen LogP contribution in [0.4, 0.5) is 10.5 Å². The van der Waals surface area contributed by atoms with E-state index in [9.17, 15) is 14.4 Å². The fraction of sp³-hybridized carbons (Fsp3) is 0.400. The van der Waals surface area contributed by atoms with Crippen molar-refractivity contribution in [1.82, 2.24) is 10.6 Å². The van der Waals surface area contributed by atoms with Crippen molar-refractivity contribution >= 4 is 35.3 Å². The van der Waals surface area contributed by atoms with Gasteiger partial charge in [-0.15, -0.1) is 11.8 Å². The molecule has 0 aromatic heterocycles. The molecule has 0 aliphatic rings. The molecule has 126 valence electrons. The molecule has 8 heteroatoms. The Bertz CT molecular complexity index is 580. The van der Waals surface area contributed by atoms with Crippen LogP contribution in [0.1, 0.15) is 6.92 Å². The molecule has 1 aromatic rings. The summed E-state index contributed by atoms with van der Waals surface area (Å²) in [6.07, 6.45) is 1.94. The van der Waals surface area contributed by atoms with E-state index in [1.165, 1.54) is 7.05 Å². The van der Waals surface area contributed by atoms with Gasteiger partial charge in [-0.3, -0.25) is 14.9 Å². The lowest BCUT2D eigenvalue weighted by Gasteiger charge is -2.20. The number of imide groups is 1. The van der Waals surface area contributed by atoms with E-state index in [1.807, 2.05) is 30.5 Å². The van der Waals surface area contributed by atoms with Crippen molar-refractivity contribution in [2.24, 2.45) is 0 Å². The van der Waals surface area contributed by atoms with E-state index in [2.05, 4.69) is 16.0 Å². The summed E-state index contributed by atoms with van der Waals surface area (Å²) in [5.74, 6) is -0.622. The van der Waals surface area contributed by atoms with E-state index in [0.29, 0.717) is 4.90 Å². The van der Waals surface area contributed by atoms with Crippen molar-refractivity contribution in [3.8, 4) is 0 Å². The van der Waals surface area contributed by atoms with E-state index in [-0.39, 0.29) is 12.5 Å². The molecule has 0 aliphatic carbocycles. The molecule has 0 aliphatic heterocycles. The normalized spacial score (nSPS) is 12.9. The summed E-state index contributed by atoms with van der Waals surface area (Å²) in [5, 5.41) is 7.37. The van der Waals surface area contributed by atoms with Gasteiger partial charge in [-0.1, -0.05) is 12.1 Å². The molecule has 2 atom stereocenters. The Hall–Kier alpha value is -2.06. The molecule has 0 heterocycles. The van der Waals surface area contributed by atoms with Crippen LogP contribution in [0.15, 0.2) is 29.2 Å². The van der Waals surface area contributed by atoms with Crippen LogP contribution in [0, 0.1) is 0 Å². The third-order valence-corrected chi connectivity index (χ3v) is 4.21. The first-order valence-electron chi connectivity index (χ1n) is 7.16. The van der Waals surface area contributed by atoms with Gasteiger partial charge in [-0.2, -0.15) is 0 Å². The van der Waals surface area contributed by atoms with Crippen LogP contribution < -0.4 is 20.9 Å². The van der Waals surface area contributed by atoms with E-state index < -0.39 is 18.0 Å². The molecule has 7 nitrogen and oxygen atoms in total. The summed E-state index contributed by atoms with van der Waals surface area (Å²) >= 11 is 1.55. The molecule has 4 N–H and O–H groups in total. The van der Waals surface area contributed by atoms with Crippen LogP contribution >= 0.6 is 11.8 Å². The molecule has 4 amide bonds. The first-order chi connectivity index (χ1) is 10.9. The highest BCUT2D eigenvalue weighted by atomic mass is 32.2. The van der Waals surface area contributed by atoms with E-state index in [0.717, 1.165) is 10.6 Å². The number of anilines is 1.